The number of hydrogen-bond acceptors (Lipinski definition) is 0. The first-order chi connectivity index (χ1) is 11.5. The molecule has 0 heterocycles. The van der Waals surface area contributed by atoms with Crippen LogP contribution >= 0.6 is 0 Å². The minimum atomic E-state index is -3.97. The molecule has 1 aliphatic carbocycles. The van der Waals surface area contributed by atoms with Crippen molar-refractivity contribution in [3.05, 3.63) is 35.9 Å². The summed E-state index contributed by atoms with van der Waals surface area (Å²) in [7, 11) is 0. The fourth-order valence-corrected chi connectivity index (χ4v) is 3.98. The Hall–Kier alpha value is -0.990. The lowest BCUT2D eigenvalue weighted by Gasteiger charge is -2.28. The normalized spacial score (nSPS) is 21.8. The molecule has 0 unspecified atom stereocenters. The van der Waals surface area contributed by atoms with Crippen molar-refractivity contribution in [2.24, 2.45) is 5.92 Å². The van der Waals surface area contributed by atoms with Crippen molar-refractivity contribution in [3.63, 3.8) is 0 Å². The van der Waals surface area contributed by atoms with E-state index in [1.165, 1.54) is 50.5 Å². The smallest absolute Gasteiger partial charge is 0.171 e. The second kappa shape index (κ2) is 10.1. The lowest BCUT2D eigenvalue weighted by Crippen LogP contribution is -2.13. The molecule has 1 aromatic rings. The van der Waals surface area contributed by atoms with Crippen LogP contribution < -0.4 is 0 Å². The van der Waals surface area contributed by atoms with Crippen molar-refractivity contribution >= 4 is 0 Å². The summed E-state index contributed by atoms with van der Waals surface area (Å²) in [6.07, 6.45) is 7.53. The lowest BCUT2D eigenvalue weighted by molar-refractivity contribution is -0.135. The Bertz CT molecular complexity index is 430. The van der Waals surface area contributed by atoms with Crippen LogP contribution in [0.1, 0.15) is 88.5 Å². The zero-order valence-electron chi connectivity index (χ0n) is 14.7. The van der Waals surface area contributed by atoms with Crippen molar-refractivity contribution in [2.75, 3.05) is 0 Å². The van der Waals surface area contributed by atoms with Gasteiger partial charge in [0.15, 0.2) is 0 Å². The van der Waals surface area contributed by atoms with Crippen LogP contribution in [0.25, 0.3) is 0 Å². The summed E-state index contributed by atoms with van der Waals surface area (Å²) >= 11 is 0. The first-order valence-electron chi connectivity index (χ1n) is 9.66. The van der Waals surface area contributed by atoms with E-state index in [2.05, 4.69) is 30.3 Å². The van der Waals surface area contributed by atoms with Gasteiger partial charge in [0, 0.05) is 6.42 Å². The zero-order chi connectivity index (χ0) is 17.3. The molecule has 2 rings (SSSR count). The van der Waals surface area contributed by atoms with E-state index in [1.807, 2.05) is 0 Å². The highest BCUT2D eigenvalue weighted by Gasteiger charge is 2.25. The van der Waals surface area contributed by atoms with Crippen molar-refractivity contribution in [1.29, 1.82) is 0 Å². The Morgan fingerprint density at radius 1 is 0.750 bits per heavy atom. The molecule has 0 radical (unpaired) electrons. The van der Waals surface area contributed by atoms with Crippen LogP contribution in [0.2, 0.25) is 0 Å². The van der Waals surface area contributed by atoms with Crippen LogP contribution in [-0.2, 0) is 0 Å². The van der Waals surface area contributed by atoms with Gasteiger partial charge in [-0.2, -0.15) is 13.2 Å². The molecule has 0 nitrogen and oxygen atoms in total. The topological polar surface area (TPSA) is 0 Å². The molecule has 0 bridgehead atoms. The third-order valence-electron chi connectivity index (χ3n) is 5.44. The molecule has 0 spiro atoms. The number of unbranched alkanes of at least 4 members (excludes halogenated alkanes) is 5. The summed E-state index contributed by atoms with van der Waals surface area (Å²) in [4.78, 5) is 0. The zero-order valence-corrected chi connectivity index (χ0v) is 14.7. The molecule has 1 aromatic carbocycles. The van der Waals surface area contributed by atoms with Gasteiger partial charge in [-0.1, -0.05) is 68.9 Å². The number of halogens is 3. The van der Waals surface area contributed by atoms with Crippen LogP contribution in [0, 0.1) is 5.92 Å². The van der Waals surface area contributed by atoms with E-state index in [9.17, 15) is 13.2 Å². The van der Waals surface area contributed by atoms with E-state index in [1.54, 1.807) is 0 Å². The van der Waals surface area contributed by atoms with Gasteiger partial charge in [-0.15, -0.1) is 0 Å². The second-order valence-corrected chi connectivity index (χ2v) is 7.40. The molecule has 0 aliphatic heterocycles. The molecule has 0 atom stereocenters. The Morgan fingerprint density at radius 3 is 1.96 bits per heavy atom. The number of alkyl halides is 3. The molecule has 0 N–H and O–H groups in total. The van der Waals surface area contributed by atoms with Crippen molar-refractivity contribution in [1.82, 2.24) is 0 Å². The van der Waals surface area contributed by atoms with Gasteiger partial charge in [-0.05, 0) is 49.5 Å². The Balaban J connectivity index is 1.47. The quantitative estimate of drug-likeness (QED) is 0.405. The average Bonchev–Trinajstić information content (AvgIpc) is 2.58. The minimum Gasteiger partial charge on any atom is -0.171 e. The fourth-order valence-electron chi connectivity index (χ4n) is 3.98. The third-order valence-corrected chi connectivity index (χ3v) is 5.44. The molecule has 1 fully saturated rings. The molecule has 24 heavy (non-hydrogen) atoms. The largest absolute Gasteiger partial charge is 0.389 e. The van der Waals surface area contributed by atoms with E-state index >= 15 is 0 Å². The maximum atomic E-state index is 12.0. The maximum absolute atomic E-state index is 12.0. The predicted molar refractivity (Wildman–Crippen MR) is 94.1 cm³/mol. The fraction of sp³-hybridized carbons (Fsp3) is 0.714. The summed E-state index contributed by atoms with van der Waals surface area (Å²) < 4.78 is 36.1. The van der Waals surface area contributed by atoms with Gasteiger partial charge in [0.25, 0.3) is 0 Å². The Morgan fingerprint density at radius 2 is 1.33 bits per heavy atom. The van der Waals surface area contributed by atoms with Crippen molar-refractivity contribution < 1.29 is 13.2 Å². The van der Waals surface area contributed by atoms with Crippen LogP contribution in [0.4, 0.5) is 13.2 Å². The van der Waals surface area contributed by atoms with E-state index in [4.69, 9.17) is 0 Å². The minimum absolute atomic E-state index is 0.299. The molecule has 0 amide bonds. The molecule has 1 saturated carbocycles. The molecule has 136 valence electrons. The highest BCUT2D eigenvalue weighted by Crippen LogP contribution is 2.37. The van der Waals surface area contributed by atoms with E-state index in [0.29, 0.717) is 6.42 Å². The van der Waals surface area contributed by atoms with E-state index in [0.717, 1.165) is 31.1 Å². The molecule has 1 aliphatic rings. The van der Waals surface area contributed by atoms with Crippen LogP contribution in [0.5, 0.6) is 0 Å². The van der Waals surface area contributed by atoms with Gasteiger partial charge in [-0.25, -0.2) is 0 Å². The van der Waals surface area contributed by atoms with Crippen LogP contribution in [0.15, 0.2) is 30.3 Å². The molecule has 3 heteroatoms. The molecular weight excluding hydrogens is 309 g/mol. The molecular formula is C21H31F3. The number of benzene rings is 1. The maximum Gasteiger partial charge on any atom is 0.389 e. The third kappa shape index (κ3) is 7.72. The summed E-state index contributed by atoms with van der Waals surface area (Å²) in [5.74, 6) is 1.62. The standard InChI is InChI=1S/C21H31F3/c22-21(23,24)17-9-4-2-1-3-6-10-18-13-15-20(16-14-18)19-11-7-5-8-12-19/h5,7-8,11-12,18,20H,1-4,6,9-10,13-17H2. The Kier molecular flexibility index (Phi) is 8.14. The van der Waals surface area contributed by atoms with Crippen molar-refractivity contribution in [3.8, 4) is 0 Å². The summed E-state index contributed by atoms with van der Waals surface area (Å²) in [5, 5.41) is 0. The second-order valence-electron chi connectivity index (χ2n) is 7.40. The van der Waals surface area contributed by atoms with Gasteiger partial charge in [0.2, 0.25) is 0 Å². The lowest BCUT2D eigenvalue weighted by atomic mass is 9.77. The SMILES string of the molecule is FC(F)(F)CCCCCCCCC1CCC(c2ccccc2)CC1. The Labute approximate surface area is 144 Å². The summed E-state index contributed by atoms with van der Waals surface area (Å²) in [6, 6.07) is 10.9. The first-order valence-corrected chi connectivity index (χ1v) is 9.66. The van der Waals surface area contributed by atoms with Gasteiger partial charge in [0.05, 0.1) is 0 Å². The average molecular weight is 340 g/mol. The highest BCUT2D eigenvalue weighted by atomic mass is 19.4. The monoisotopic (exact) mass is 340 g/mol. The van der Waals surface area contributed by atoms with Gasteiger partial charge in [0.1, 0.15) is 0 Å². The van der Waals surface area contributed by atoms with Crippen LogP contribution in [-0.4, -0.2) is 6.18 Å². The number of hydrogen-bond donors (Lipinski definition) is 0. The first kappa shape index (κ1) is 19.3. The molecule has 0 aromatic heterocycles. The van der Waals surface area contributed by atoms with Crippen LogP contribution in [0.3, 0.4) is 0 Å². The van der Waals surface area contributed by atoms with Gasteiger partial charge in [-0.3, -0.25) is 0 Å². The number of rotatable bonds is 9. The van der Waals surface area contributed by atoms with Gasteiger partial charge < -0.3 is 0 Å². The molecule has 0 saturated heterocycles. The van der Waals surface area contributed by atoms with E-state index in [-0.39, 0.29) is 0 Å². The summed E-state index contributed by atoms with van der Waals surface area (Å²) in [6.45, 7) is 0. The predicted octanol–water partition coefficient (Wildman–Crippen LogP) is 7.64. The summed E-state index contributed by atoms with van der Waals surface area (Å²) in [5.41, 5.74) is 1.50. The highest BCUT2D eigenvalue weighted by molar-refractivity contribution is 5.19. The van der Waals surface area contributed by atoms with Crippen molar-refractivity contribution in [2.45, 2.75) is 89.1 Å². The van der Waals surface area contributed by atoms with E-state index < -0.39 is 12.6 Å². The van der Waals surface area contributed by atoms with Gasteiger partial charge >= 0.3 is 6.18 Å².